The average Bonchev–Trinajstić information content (AvgIpc) is 3.74. The Morgan fingerprint density at radius 1 is 0.978 bits per heavy atom. The Balaban J connectivity index is 1.23. The van der Waals surface area contributed by atoms with E-state index in [2.05, 4.69) is 15.6 Å². The second kappa shape index (κ2) is 13.0. The van der Waals surface area contributed by atoms with Crippen molar-refractivity contribution in [2.45, 2.75) is 44.1 Å². The number of aryl methyl sites for hydroxylation is 1. The molecular formula is C36H34F4N4O2. The molecule has 1 amide bonds. The summed E-state index contributed by atoms with van der Waals surface area (Å²) >= 11 is 0. The van der Waals surface area contributed by atoms with Crippen LogP contribution in [0.25, 0.3) is 33.2 Å². The minimum absolute atomic E-state index is 0.0447. The van der Waals surface area contributed by atoms with E-state index in [4.69, 9.17) is 10.2 Å². The van der Waals surface area contributed by atoms with Crippen molar-refractivity contribution in [1.82, 2.24) is 15.6 Å². The van der Waals surface area contributed by atoms with Gasteiger partial charge in [0.15, 0.2) is 0 Å². The molecule has 2 aromatic heterocycles. The lowest BCUT2D eigenvalue weighted by Crippen LogP contribution is -2.24. The van der Waals surface area contributed by atoms with Gasteiger partial charge in [-0.3, -0.25) is 4.79 Å². The van der Waals surface area contributed by atoms with Gasteiger partial charge in [0.1, 0.15) is 28.8 Å². The SMILES string of the molecule is CNCCC(F)(F)CCc1ccc(-c2cc(-c3ccc(F)cc3)c3oc(CNC(=O)C4CC4c4ccc(N)nc4)cc3c2)c(F)c1. The van der Waals surface area contributed by atoms with Crippen LogP contribution >= 0.6 is 0 Å². The number of rotatable bonds is 12. The number of hydrogen-bond donors (Lipinski definition) is 3. The van der Waals surface area contributed by atoms with Gasteiger partial charge in [-0.05, 0) is 90.5 Å². The number of benzene rings is 3. The van der Waals surface area contributed by atoms with Gasteiger partial charge in [0, 0.05) is 48.0 Å². The number of hydrogen-bond acceptors (Lipinski definition) is 5. The molecule has 1 saturated carbocycles. The molecule has 0 radical (unpaired) electrons. The number of halogens is 4. The van der Waals surface area contributed by atoms with E-state index < -0.39 is 17.6 Å². The Morgan fingerprint density at radius 2 is 1.78 bits per heavy atom. The first-order chi connectivity index (χ1) is 22.1. The lowest BCUT2D eigenvalue weighted by molar-refractivity contribution is -0.122. The lowest BCUT2D eigenvalue weighted by Gasteiger charge is -2.16. The third-order valence-electron chi connectivity index (χ3n) is 8.49. The number of nitrogen functional groups attached to an aromatic ring is 1. The Bertz CT molecular complexity index is 1860. The minimum atomic E-state index is -2.85. The number of amides is 1. The van der Waals surface area contributed by atoms with Gasteiger partial charge in [-0.1, -0.05) is 30.3 Å². The molecular weight excluding hydrogens is 596 g/mol. The number of aromatic nitrogens is 1. The molecule has 238 valence electrons. The Kier molecular flexibility index (Phi) is 8.82. The van der Waals surface area contributed by atoms with Crippen molar-refractivity contribution >= 4 is 22.7 Å². The largest absolute Gasteiger partial charge is 0.459 e. The highest BCUT2D eigenvalue weighted by molar-refractivity contribution is 5.97. The van der Waals surface area contributed by atoms with E-state index in [9.17, 15) is 18.0 Å². The molecule has 6 rings (SSSR count). The topological polar surface area (TPSA) is 93.2 Å². The van der Waals surface area contributed by atoms with Crippen molar-refractivity contribution in [1.29, 1.82) is 0 Å². The molecule has 4 N–H and O–H groups in total. The van der Waals surface area contributed by atoms with E-state index in [1.165, 1.54) is 18.2 Å². The monoisotopic (exact) mass is 630 g/mol. The zero-order chi connectivity index (χ0) is 32.4. The second-order valence-corrected chi connectivity index (χ2v) is 11.9. The van der Waals surface area contributed by atoms with Gasteiger partial charge in [-0.2, -0.15) is 0 Å². The summed E-state index contributed by atoms with van der Waals surface area (Å²) in [7, 11) is 1.62. The van der Waals surface area contributed by atoms with Crippen LogP contribution in [0.5, 0.6) is 0 Å². The van der Waals surface area contributed by atoms with Crippen molar-refractivity contribution in [3.63, 3.8) is 0 Å². The lowest BCUT2D eigenvalue weighted by atomic mass is 9.95. The van der Waals surface area contributed by atoms with Gasteiger partial charge in [-0.15, -0.1) is 0 Å². The van der Waals surface area contributed by atoms with Gasteiger partial charge in [-0.25, -0.2) is 22.5 Å². The summed E-state index contributed by atoms with van der Waals surface area (Å²) in [4.78, 5) is 17.0. The zero-order valence-corrected chi connectivity index (χ0v) is 25.3. The van der Waals surface area contributed by atoms with Gasteiger partial charge < -0.3 is 20.8 Å². The summed E-state index contributed by atoms with van der Waals surface area (Å²) in [6.45, 7) is 0.349. The number of fused-ring (bicyclic) bond motifs is 1. The van der Waals surface area contributed by atoms with Gasteiger partial charge in [0.25, 0.3) is 0 Å². The summed E-state index contributed by atoms with van der Waals surface area (Å²) < 4.78 is 63.8. The van der Waals surface area contributed by atoms with Crippen LogP contribution in [0.4, 0.5) is 23.4 Å². The van der Waals surface area contributed by atoms with Crippen LogP contribution in [0.3, 0.4) is 0 Å². The van der Waals surface area contributed by atoms with Crippen LogP contribution in [-0.2, 0) is 17.8 Å². The van der Waals surface area contributed by atoms with Crippen molar-refractivity contribution in [2.24, 2.45) is 5.92 Å². The number of nitrogens with zero attached hydrogens (tertiary/aromatic N) is 1. The number of nitrogens with one attached hydrogen (secondary N) is 2. The predicted molar refractivity (Wildman–Crippen MR) is 170 cm³/mol. The molecule has 0 bridgehead atoms. The number of furan rings is 1. The predicted octanol–water partition coefficient (Wildman–Crippen LogP) is 7.62. The number of alkyl halides is 2. The molecule has 1 fully saturated rings. The number of nitrogens with two attached hydrogens (primary N) is 1. The van der Waals surface area contributed by atoms with Crippen molar-refractivity contribution < 1.29 is 26.8 Å². The summed E-state index contributed by atoms with van der Waals surface area (Å²) in [5.41, 5.74) is 9.76. The molecule has 3 aromatic carbocycles. The summed E-state index contributed by atoms with van der Waals surface area (Å²) in [6, 6.07) is 19.4. The maximum absolute atomic E-state index is 15.5. The fraction of sp³-hybridized carbons (Fsp3) is 0.278. The Morgan fingerprint density at radius 3 is 2.50 bits per heavy atom. The molecule has 10 heteroatoms. The smallest absolute Gasteiger partial charge is 0.249 e. The van der Waals surface area contributed by atoms with E-state index >= 15 is 4.39 Å². The van der Waals surface area contributed by atoms with Crippen LogP contribution in [0, 0.1) is 17.6 Å². The molecule has 6 nitrogen and oxygen atoms in total. The van der Waals surface area contributed by atoms with Crippen LogP contribution in [0.15, 0.2) is 83.4 Å². The minimum Gasteiger partial charge on any atom is -0.459 e. The number of carbonyl (C=O) groups excluding carboxylic acids is 1. The molecule has 46 heavy (non-hydrogen) atoms. The van der Waals surface area contributed by atoms with Gasteiger partial charge in [0.2, 0.25) is 11.8 Å². The van der Waals surface area contributed by atoms with E-state index in [0.717, 1.165) is 12.0 Å². The van der Waals surface area contributed by atoms with Gasteiger partial charge >= 0.3 is 0 Å². The van der Waals surface area contributed by atoms with E-state index in [0.29, 0.717) is 50.4 Å². The fourth-order valence-electron chi connectivity index (χ4n) is 5.80. The number of pyridine rings is 1. The molecule has 2 atom stereocenters. The summed E-state index contributed by atoms with van der Waals surface area (Å²) in [6.07, 6.45) is 1.81. The third kappa shape index (κ3) is 7.07. The number of anilines is 1. The van der Waals surface area contributed by atoms with E-state index in [-0.39, 0.29) is 50.1 Å². The van der Waals surface area contributed by atoms with E-state index in [1.54, 1.807) is 61.8 Å². The maximum atomic E-state index is 15.5. The summed E-state index contributed by atoms with van der Waals surface area (Å²) in [5, 5.41) is 6.35. The molecule has 0 saturated heterocycles. The molecule has 1 aliphatic rings. The van der Waals surface area contributed by atoms with Gasteiger partial charge in [0.05, 0.1) is 6.54 Å². The molecule has 2 heterocycles. The number of carbonyl (C=O) groups is 1. The van der Waals surface area contributed by atoms with Crippen molar-refractivity contribution in [3.05, 3.63) is 108 Å². The zero-order valence-electron chi connectivity index (χ0n) is 25.3. The Labute approximate surface area is 264 Å². The quantitative estimate of drug-likeness (QED) is 0.123. The maximum Gasteiger partial charge on any atom is 0.249 e. The molecule has 0 spiro atoms. The average molecular weight is 631 g/mol. The van der Waals surface area contributed by atoms with E-state index in [1.807, 2.05) is 6.07 Å². The third-order valence-corrected chi connectivity index (χ3v) is 8.49. The highest BCUT2D eigenvalue weighted by Crippen LogP contribution is 2.47. The van der Waals surface area contributed by atoms with Crippen molar-refractivity contribution in [3.8, 4) is 22.3 Å². The molecule has 2 unspecified atom stereocenters. The first-order valence-corrected chi connectivity index (χ1v) is 15.2. The molecule has 1 aliphatic carbocycles. The van der Waals surface area contributed by atoms with Crippen LogP contribution < -0.4 is 16.4 Å². The van der Waals surface area contributed by atoms with Crippen LogP contribution in [0.2, 0.25) is 0 Å². The standard InChI is InChI=1S/C36H34F4N4O2/c1-42-13-12-36(39,40)11-10-21-2-8-28(32(38)14-21)24-15-25-16-27(46-34(25)30(17-24)22-3-6-26(37)7-4-22)20-44-35(45)31-18-29(31)23-5-9-33(41)43-19-23/h2-9,14-17,19,29,31,42H,10-13,18,20H2,1H3,(H2,41,43)(H,44,45). The van der Waals surface area contributed by atoms with Crippen LogP contribution in [0.1, 0.15) is 42.1 Å². The molecule has 5 aromatic rings. The second-order valence-electron chi connectivity index (χ2n) is 11.9. The highest BCUT2D eigenvalue weighted by Gasteiger charge is 2.44. The molecule has 0 aliphatic heterocycles. The normalized spacial score (nSPS) is 16.1. The first kappa shape index (κ1) is 31.3. The Hall–Kier alpha value is -4.70. The summed E-state index contributed by atoms with van der Waals surface area (Å²) in [5.74, 6) is -3.02. The highest BCUT2D eigenvalue weighted by atomic mass is 19.3. The van der Waals surface area contributed by atoms with Crippen molar-refractivity contribution in [2.75, 3.05) is 19.3 Å². The van der Waals surface area contributed by atoms with Crippen LogP contribution in [-0.4, -0.2) is 30.4 Å². The first-order valence-electron chi connectivity index (χ1n) is 15.2. The fourth-order valence-corrected chi connectivity index (χ4v) is 5.80.